The Labute approximate surface area is 70.5 Å². The van der Waals surface area contributed by atoms with Crippen LogP contribution in [0.25, 0.3) is 0 Å². The molecule has 12 heavy (non-hydrogen) atoms. The second-order valence-electron chi connectivity index (χ2n) is 3.06. The number of carbonyl (C=O) groups excluding carboxylic acids is 1. The van der Waals surface area contributed by atoms with Crippen LogP contribution in [-0.4, -0.2) is 35.0 Å². The van der Waals surface area contributed by atoms with Crippen LogP contribution in [0.2, 0.25) is 0 Å². The van der Waals surface area contributed by atoms with E-state index in [9.17, 15) is 9.90 Å². The molecule has 0 saturated carbocycles. The summed E-state index contributed by atoms with van der Waals surface area (Å²) in [5, 5.41) is 18.2. The Kier molecular flexibility index (Phi) is 2.21. The lowest BCUT2D eigenvalue weighted by Gasteiger charge is -2.19. The van der Waals surface area contributed by atoms with E-state index >= 15 is 0 Å². The third-order valence-electron chi connectivity index (χ3n) is 2.27. The van der Waals surface area contributed by atoms with Gasteiger partial charge in [0.05, 0.1) is 6.61 Å². The molecule has 4 nitrogen and oxygen atoms in total. The monoisotopic (exact) mass is 172 g/mol. The van der Waals surface area contributed by atoms with Crippen LogP contribution in [0.5, 0.6) is 0 Å². The molecule has 1 aliphatic rings. The third kappa shape index (κ3) is 1.04. The lowest BCUT2D eigenvalue weighted by molar-refractivity contribution is -0.147. The molecule has 0 unspecified atom stereocenters. The summed E-state index contributed by atoms with van der Waals surface area (Å²) in [5.74, 6) is -0.538. The molecule has 1 aliphatic heterocycles. The second kappa shape index (κ2) is 2.88. The van der Waals surface area contributed by atoms with Crippen molar-refractivity contribution in [3.8, 4) is 0 Å². The normalized spacial score (nSPS) is 41.1. The van der Waals surface area contributed by atoms with Crippen LogP contribution < -0.4 is 0 Å². The zero-order valence-corrected chi connectivity index (χ0v) is 6.86. The maximum absolute atomic E-state index is 11.1. The van der Waals surface area contributed by atoms with E-state index in [0.717, 1.165) is 0 Å². The van der Waals surface area contributed by atoms with E-state index in [1.54, 1.807) is 0 Å². The first-order valence-corrected chi connectivity index (χ1v) is 3.70. The fourth-order valence-corrected chi connectivity index (χ4v) is 1.18. The van der Waals surface area contributed by atoms with Gasteiger partial charge in [-0.3, -0.25) is 4.79 Å². The summed E-state index contributed by atoms with van der Waals surface area (Å²) in [6.45, 7) is 4.61. The quantitative estimate of drug-likeness (QED) is 0.433. The summed E-state index contributed by atoms with van der Waals surface area (Å²) in [6, 6.07) is 0. The van der Waals surface area contributed by atoms with Gasteiger partial charge < -0.3 is 14.9 Å². The number of esters is 1. The molecule has 1 rings (SSSR count). The van der Waals surface area contributed by atoms with Gasteiger partial charge in [-0.05, 0) is 6.92 Å². The molecule has 1 heterocycles. The number of carbonyl (C=O) groups is 1. The fraction of sp³-hybridized carbons (Fsp3) is 0.625. The maximum Gasteiger partial charge on any atom is 0.318 e. The van der Waals surface area contributed by atoms with Crippen molar-refractivity contribution in [2.45, 2.75) is 19.1 Å². The molecular weight excluding hydrogens is 160 g/mol. The summed E-state index contributed by atoms with van der Waals surface area (Å²) in [4.78, 5) is 11.1. The van der Waals surface area contributed by atoms with E-state index in [-0.39, 0.29) is 6.61 Å². The lowest BCUT2D eigenvalue weighted by Crippen LogP contribution is -2.36. The standard InChI is InChI=1S/C8H12O4/c1-3-8(2)6(10)5(4-9)12-7(8)11/h3,5-6,9-10H,1,4H2,2H3/t5-,6-,8-/m1/s1. The minimum absolute atomic E-state index is 0.365. The van der Waals surface area contributed by atoms with Crippen molar-refractivity contribution >= 4 is 5.97 Å². The van der Waals surface area contributed by atoms with Crippen molar-refractivity contribution in [2.75, 3.05) is 6.61 Å². The number of hydrogen-bond donors (Lipinski definition) is 2. The van der Waals surface area contributed by atoms with Crippen LogP contribution in [0.15, 0.2) is 12.7 Å². The van der Waals surface area contributed by atoms with Crippen LogP contribution in [0, 0.1) is 5.41 Å². The predicted molar refractivity (Wildman–Crippen MR) is 41.3 cm³/mol. The first kappa shape index (κ1) is 9.22. The van der Waals surface area contributed by atoms with Gasteiger partial charge in [-0.15, -0.1) is 6.58 Å². The van der Waals surface area contributed by atoms with Crippen LogP contribution in [-0.2, 0) is 9.53 Å². The lowest BCUT2D eigenvalue weighted by atomic mass is 9.84. The van der Waals surface area contributed by atoms with Crippen molar-refractivity contribution in [3.05, 3.63) is 12.7 Å². The van der Waals surface area contributed by atoms with E-state index in [1.165, 1.54) is 13.0 Å². The van der Waals surface area contributed by atoms with E-state index < -0.39 is 23.6 Å². The summed E-state index contributed by atoms with van der Waals surface area (Å²) in [6.07, 6.45) is -0.483. The highest BCUT2D eigenvalue weighted by atomic mass is 16.6. The molecular formula is C8H12O4. The minimum Gasteiger partial charge on any atom is -0.456 e. The van der Waals surface area contributed by atoms with Gasteiger partial charge >= 0.3 is 5.97 Å². The van der Waals surface area contributed by atoms with Crippen molar-refractivity contribution in [3.63, 3.8) is 0 Å². The van der Waals surface area contributed by atoms with Crippen molar-refractivity contribution in [2.24, 2.45) is 5.41 Å². The molecule has 0 aromatic rings. The molecule has 68 valence electrons. The molecule has 0 spiro atoms. The Bertz CT molecular complexity index is 213. The number of aliphatic hydroxyl groups excluding tert-OH is 2. The first-order chi connectivity index (χ1) is 5.56. The third-order valence-corrected chi connectivity index (χ3v) is 2.27. The molecule has 0 radical (unpaired) electrons. The average Bonchev–Trinajstić information content (AvgIpc) is 2.30. The molecule has 0 bridgehead atoms. The van der Waals surface area contributed by atoms with Gasteiger partial charge in [-0.2, -0.15) is 0 Å². The smallest absolute Gasteiger partial charge is 0.318 e. The topological polar surface area (TPSA) is 66.8 Å². The largest absolute Gasteiger partial charge is 0.456 e. The Morgan fingerprint density at radius 3 is 2.67 bits per heavy atom. The van der Waals surface area contributed by atoms with Crippen LogP contribution >= 0.6 is 0 Å². The molecule has 1 fully saturated rings. The van der Waals surface area contributed by atoms with Crippen LogP contribution in [0.1, 0.15) is 6.92 Å². The highest BCUT2D eigenvalue weighted by Crippen LogP contribution is 2.34. The van der Waals surface area contributed by atoms with E-state index in [1.807, 2.05) is 0 Å². The van der Waals surface area contributed by atoms with Crippen molar-refractivity contribution < 1.29 is 19.7 Å². The number of aliphatic hydroxyl groups is 2. The highest BCUT2D eigenvalue weighted by Gasteiger charge is 2.51. The van der Waals surface area contributed by atoms with Gasteiger partial charge in [-0.1, -0.05) is 6.08 Å². The van der Waals surface area contributed by atoms with Gasteiger partial charge in [0.25, 0.3) is 0 Å². The maximum atomic E-state index is 11.1. The van der Waals surface area contributed by atoms with Crippen LogP contribution in [0.3, 0.4) is 0 Å². The summed E-state index contributed by atoms with van der Waals surface area (Å²) < 4.78 is 4.72. The second-order valence-corrected chi connectivity index (χ2v) is 3.06. The van der Waals surface area contributed by atoms with Gasteiger partial charge in [0, 0.05) is 0 Å². The molecule has 0 aliphatic carbocycles. The zero-order chi connectivity index (χ0) is 9.35. The molecule has 3 atom stereocenters. The Hall–Kier alpha value is -0.870. The number of ether oxygens (including phenoxy) is 1. The Morgan fingerprint density at radius 1 is 1.83 bits per heavy atom. The molecule has 1 saturated heterocycles. The van der Waals surface area contributed by atoms with E-state index in [4.69, 9.17) is 9.84 Å². The molecule has 4 heteroatoms. The van der Waals surface area contributed by atoms with E-state index in [0.29, 0.717) is 0 Å². The molecule has 0 amide bonds. The van der Waals surface area contributed by atoms with Gasteiger partial charge in [0.2, 0.25) is 0 Å². The van der Waals surface area contributed by atoms with Crippen molar-refractivity contribution in [1.29, 1.82) is 0 Å². The first-order valence-electron chi connectivity index (χ1n) is 3.70. The predicted octanol–water partition coefficient (Wildman–Crippen LogP) is -0.543. The SMILES string of the molecule is C=C[C@@]1(C)C(=O)O[C@H](CO)[C@H]1O. The van der Waals surface area contributed by atoms with Crippen LogP contribution in [0.4, 0.5) is 0 Å². The Balaban J connectivity index is 2.91. The molecule has 0 aromatic carbocycles. The number of rotatable bonds is 2. The zero-order valence-electron chi connectivity index (χ0n) is 6.86. The average molecular weight is 172 g/mol. The van der Waals surface area contributed by atoms with Crippen molar-refractivity contribution in [1.82, 2.24) is 0 Å². The minimum atomic E-state index is -1.08. The summed E-state index contributed by atoms with van der Waals surface area (Å²) in [7, 11) is 0. The number of cyclic esters (lactones) is 1. The van der Waals surface area contributed by atoms with Gasteiger partial charge in [0.1, 0.15) is 11.5 Å². The summed E-state index contributed by atoms with van der Waals surface area (Å²) >= 11 is 0. The fourth-order valence-electron chi connectivity index (χ4n) is 1.18. The Morgan fingerprint density at radius 2 is 2.42 bits per heavy atom. The number of hydrogen-bond acceptors (Lipinski definition) is 4. The summed E-state index contributed by atoms with van der Waals surface area (Å²) in [5.41, 5.74) is -1.08. The molecule has 2 N–H and O–H groups in total. The van der Waals surface area contributed by atoms with Gasteiger partial charge in [0.15, 0.2) is 6.10 Å². The van der Waals surface area contributed by atoms with E-state index in [2.05, 4.69) is 6.58 Å². The van der Waals surface area contributed by atoms with Gasteiger partial charge in [-0.25, -0.2) is 0 Å². The highest BCUT2D eigenvalue weighted by molar-refractivity contribution is 5.81. The molecule has 0 aromatic heterocycles.